The molecule has 1 aromatic carbocycles. The molecule has 3 rings (SSSR count). The second-order valence-electron chi connectivity index (χ2n) is 6.14. The van der Waals surface area contributed by atoms with Gasteiger partial charge >= 0.3 is 0 Å². The highest BCUT2D eigenvalue weighted by molar-refractivity contribution is 7.89. The Morgan fingerprint density at radius 3 is 2.60 bits per heavy atom. The Labute approximate surface area is 145 Å². The molecule has 1 saturated carbocycles. The average Bonchev–Trinajstić information content (AvgIpc) is 3.39. The lowest BCUT2D eigenvalue weighted by atomic mass is 10.0. The van der Waals surface area contributed by atoms with Crippen molar-refractivity contribution in [2.45, 2.75) is 23.8 Å². The van der Waals surface area contributed by atoms with Crippen molar-refractivity contribution in [3.63, 3.8) is 0 Å². The van der Waals surface area contributed by atoms with Crippen LogP contribution in [0.1, 0.15) is 34.9 Å². The van der Waals surface area contributed by atoms with Gasteiger partial charge in [0.2, 0.25) is 10.0 Å². The number of benzene rings is 1. The first-order valence-corrected chi connectivity index (χ1v) is 9.34. The maximum absolute atomic E-state index is 14.2. The van der Waals surface area contributed by atoms with Gasteiger partial charge < -0.3 is 4.90 Å². The molecule has 25 heavy (non-hydrogen) atoms. The van der Waals surface area contributed by atoms with E-state index in [0.29, 0.717) is 0 Å². The predicted molar refractivity (Wildman–Crippen MR) is 89.6 cm³/mol. The van der Waals surface area contributed by atoms with Crippen molar-refractivity contribution < 1.29 is 17.6 Å². The highest BCUT2D eigenvalue weighted by atomic mass is 32.2. The van der Waals surface area contributed by atoms with Gasteiger partial charge in [-0.1, -0.05) is 6.07 Å². The van der Waals surface area contributed by atoms with Crippen LogP contribution in [0.15, 0.2) is 47.5 Å². The summed E-state index contributed by atoms with van der Waals surface area (Å²) in [5.74, 6) is -1.14. The Balaban J connectivity index is 1.97. The van der Waals surface area contributed by atoms with E-state index in [2.05, 4.69) is 4.98 Å². The van der Waals surface area contributed by atoms with Crippen molar-refractivity contribution in [1.29, 1.82) is 0 Å². The van der Waals surface area contributed by atoms with Crippen LogP contribution < -0.4 is 5.14 Å². The van der Waals surface area contributed by atoms with Gasteiger partial charge in [0, 0.05) is 13.2 Å². The number of nitrogens with zero attached hydrogens (tertiary/aromatic N) is 2. The number of sulfonamides is 1. The molecule has 0 radical (unpaired) electrons. The van der Waals surface area contributed by atoms with Crippen LogP contribution in [0.5, 0.6) is 0 Å². The van der Waals surface area contributed by atoms with Crippen LogP contribution in [-0.4, -0.2) is 31.3 Å². The first-order valence-electron chi connectivity index (χ1n) is 7.79. The minimum absolute atomic E-state index is 0.258. The van der Waals surface area contributed by atoms with Crippen molar-refractivity contribution in [1.82, 2.24) is 9.88 Å². The lowest BCUT2D eigenvalue weighted by Gasteiger charge is -2.28. The van der Waals surface area contributed by atoms with Crippen molar-refractivity contribution >= 4 is 15.9 Å². The number of hydrogen-bond acceptors (Lipinski definition) is 4. The molecular weight excluding hydrogens is 345 g/mol. The van der Waals surface area contributed by atoms with Crippen LogP contribution in [0.25, 0.3) is 0 Å². The third-order valence-electron chi connectivity index (χ3n) is 4.29. The highest BCUT2D eigenvalue weighted by Crippen LogP contribution is 2.43. The van der Waals surface area contributed by atoms with E-state index >= 15 is 0 Å². The fourth-order valence-electron chi connectivity index (χ4n) is 2.88. The Morgan fingerprint density at radius 2 is 2.04 bits per heavy atom. The minimum Gasteiger partial charge on any atom is -0.333 e. The number of carbonyl (C=O) groups excluding carboxylic acids is 1. The number of halogens is 1. The molecule has 1 atom stereocenters. The zero-order valence-corrected chi connectivity index (χ0v) is 14.4. The van der Waals surface area contributed by atoms with Crippen LogP contribution in [0, 0.1) is 11.7 Å². The summed E-state index contributed by atoms with van der Waals surface area (Å²) < 4.78 is 37.1. The molecule has 2 N–H and O–H groups in total. The Bertz CT molecular complexity index is 899. The molecule has 0 spiro atoms. The van der Waals surface area contributed by atoms with E-state index in [-0.39, 0.29) is 22.4 Å². The molecule has 8 heteroatoms. The zero-order valence-electron chi connectivity index (χ0n) is 13.6. The molecule has 132 valence electrons. The largest absolute Gasteiger partial charge is 0.333 e. The summed E-state index contributed by atoms with van der Waals surface area (Å²) in [6.07, 6.45) is 3.56. The lowest BCUT2D eigenvalue weighted by molar-refractivity contribution is 0.0702. The van der Waals surface area contributed by atoms with Crippen molar-refractivity contribution in [3.8, 4) is 0 Å². The first-order chi connectivity index (χ1) is 11.8. The van der Waals surface area contributed by atoms with Gasteiger partial charge in [-0.25, -0.2) is 17.9 Å². The summed E-state index contributed by atoms with van der Waals surface area (Å²) in [5.41, 5.74) is 0.402. The summed E-state index contributed by atoms with van der Waals surface area (Å²) in [7, 11) is -2.45. The molecule has 0 bridgehead atoms. The normalized spacial score (nSPS) is 15.6. The fourth-order valence-corrected chi connectivity index (χ4v) is 3.42. The summed E-state index contributed by atoms with van der Waals surface area (Å²) in [6.45, 7) is 0. The number of aromatic nitrogens is 1. The van der Waals surface area contributed by atoms with Gasteiger partial charge in [-0.3, -0.25) is 9.78 Å². The van der Waals surface area contributed by atoms with Crippen LogP contribution in [0.4, 0.5) is 4.39 Å². The van der Waals surface area contributed by atoms with Gasteiger partial charge in [0.05, 0.1) is 22.2 Å². The smallest absolute Gasteiger partial charge is 0.257 e. The topological polar surface area (TPSA) is 93.4 Å². The summed E-state index contributed by atoms with van der Waals surface area (Å²) in [4.78, 5) is 18.2. The minimum atomic E-state index is -4.03. The summed E-state index contributed by atoms with van der Waals surface area (Å²) >= 11 is 0. The quantitative estimate of drug-likeness (QED) is 0.880. The molecule has 1 aromatic heterocycles. The van der Waals surface area contributed by atoms with E-state index in [9.17, 15) is 17.6 Å². The molecule has 1 heterocycles. The van der Waals surface area contributed by atoms with E-state index < -0.39 is 21.7 Å². The van der Waals surface area contributed by atoms with E-state index in [1.54, 1.807) is 19.3 Å². The molecule has 6 nitrogen and oxygen atoms in total. The summed E-state index contributed by atoms with van der Waals surface area (Å²) in [6, 6.07) is 8.11. The standard InChI is InChI=1S/C17H18FN3O3S/c1-21(16(11-5-6-11)15-4-2-3-9-20-15)17(22)13-10-12(25(19,23)24)7-8-14(13)18/h2-4,7-11,16H,5-6H2,1H3,(H2,19,23,24). The zero-order chi connectivity index (χ0) is 18.2. The SMILES string of the molecule is CN(C(=O)c1cc(S(N)(=O)=O)ccc1F)C(c1ccccn1)C1CC1. The fraction of sp³-hybridized carbons (Fsp3) is 0.294. The number of nitrogens with two attached hydrogens (primary N) is 1. The molecule has 1 aliphatic carbocycles. The van der Waals surface area contributed by atoms with Gasteiger partial charge in [-0.05, 0) is 49.1 Å². The number of amides is 1. The Hall–Kier alpha value is -2.32. The van der Waals surface area contributed by atoms with Crippen molar-refractivity contribution in [2.75, 3.05) is 7.05 Å². The number of rotatable bonds is 5. The van der Waals surface area contributed by atoms with Crippen LogP contribution >= 0.6 is 0 Å². The highest BCUT2D eigenvalue weighted by Gasteiger charge is 2.38. The van der Waals surface area contributed by atoms with Gasteiger partial charge in [0.1, 0.15) is 5.82 Å². The number of pyridine rings is 1. The second-order valence-corrected chi connectivity index (χ2v) is 7.70. The monoisotopic (exact) mass is 363 g/mol. The van der Waals surface area contributed by atoms with Crippen LogP contribution in [0.3, 0.4) is 0 Å². The molecule has 2 aromatic rings. The molecule has 1 fully saturated rings. The number of carbonyl (C=O) groups is 1. The molecule has 0 aliphatic heterocycles. The van der Waals surface area contributed by atoms with Gasteiger partial charge in [0.25, 0.3) is 5.91 Å². The predicted octanol–water partition coefficient (Wildman–Crippen LogP) is 2.09. The third kappa shape index (κ3) is 3.69. The lowest BCUT2D eigenvalue weighted by Crippen LogP contribution is -2.33. The van der Waals surface area contributed by atoms with Gasteiger partial charge in [-0.2, -0.15) is 0 Å². The molecule has 1 amide bonds. The molecule has 1 unspecified atom stereocenters. The maximum atomic E-state index is 14.2. The first kappa shape index (κ1) is 17.5. The Kier molecular flexibility index (Phi) is 4.57. The number of hydrogen-bond donors (Lipinski definition) is 1. The summed E-state index contributed by atoms with van der Waals surface area (Å²) in [5, 5.41) is 5.08. The van der Waals surface area contributed by atoms with Crippen LogP contribution in [0.2, 0.25) is 0 Å². The van der Waals surface area contributed by atoms with E-state index in [1.807, 2.05) is 12.1 Å². The Morgan fingerprint density at radius 1 is 1.32 bits per heavy atom. The van der Waals surface area contributed by atoms with E-state index in [1.165, 1.54) is 4.90 Å². The van der Waals surface area contributed by atoms with E-state index in [4.69, 9.17) is 5.14 Å². The molecule has 1 aliphatic rings. The van der Waals surface area contributed by atoms with Crippen molar-refractivity contribution in [3.05, 3.63) is 59.7 Å². The average molecular weight is 363 g/mol. The second kappa shape index (κ2) is 6.53. The van der Waals surface area contributed by atoms with E-state index in [0.717, 1.165) is 36.7 Å². The maximum Gasteiger partial charge on any atom is 0.257 e. The van der Waals surface area contributed by atoms with Gasteiger partial charge in [-0.15, -0.1) is 0 Å². The molecular formula is C17H18FN3O3S. The number of primary sulfonamides is 1. The van der Waals surface area contributed by atoms with Crippen molar-refractivity contribution in [2.24, 2.45) is 11.1 Å². The van der Waals surface area contributed by atoms with Crippen LogP contribution in [-0.2, 0) is 10.0 Å². The molecule has 0 saturated heterocycles. The third-order valence-corrected chi connectivity index (χ3v) is 5.20. The van der Waals surface area contributed by atoms with Gasteiger partial charge in [0.15, 0.2) is 0 Å².